The molecule has 100 valence electrons. The van der Waals surface area contributed by atoms with Crippen LogP contribution in [-0.2, 0) is 0 Å². The van der Waals surface area contributed by atoms with Crippen molar-refractivity contribution in [1.82, 2.24) is 9.97 Å². The fourth-order valence-electron chi connectivity index (χ4n) is 1.68. The predicted octanol–water partition coefficient (Wildman–Crippen LogP) is 3.88. The molecular formula is C17H16N2O. The first-order chi connectivity index (χ1) is 9.79. The molecule has 2 aromatic carbocycles. The molecular weight excluding hydrogens is 248 g/mol. The molecule has 3 heteroatoms. The Labute approximate surface area is 118 Å². The Kier molecular flexibility index (Phi) is 4.84. The van der Waals surface area contributed by atoms with Crippen LogP contribution in [0.3, 0.4) is 0 Å². The summed E-state index contributed by atoms with van der Waals surface area (Å²) >= 11 is 0. The molecule has 0 fully saturated rings. The first-order valence-corrected chi connectivity index (χ1v) is 6.36. The number of carbonyl (C=O) groups excluding carboxylic acids is 1. The summed E-state index contributed by atoms with van der Waals surface area (Å²) in [5.41, 5.74) is 2.98. The molecule has 0 bridgehead atoms. The van der Waals surface area contributed by atoms with E-state index < -0.39 is 0 Å². The van der Waals surface area contributed by atoms with Crippen molar-refractivity contribution in [3.05, 3.63) is 78.1 Å². The second kappa shape index (κ2) is 7.04. The van der Waals surface area contributed by atoms with Crippen LogP contribution < -0.4 is 0 Å². The predicted molar refractivity (Wildman–Crippen MR) is 80.6 cm³/mol. The fraction of sp³-hybridized carbons (Fsp3) is 0.0588. The number of aldehydes is 1. The summed E-state index contributed by atoms with van der Waals surface area (Å²) in [5.74, 6) is 0.817. The van der Waals surface area contributed by atoms with Gasteiger partial charge in [-0.3, -0.25) is 4.79 Å². The summed E-state index contributed by atoms with van der Waals surface area (Å²) in [6.07, 6.45) is 4.29. The van der Waals surface area contributed by atoms with E-state index in [4.69, 9.17) is 0 Å². The van der Waals surface area contributed by atoms with Crippen LogP contribution in [-0.4, -0.2) is 16.3 Å². The minimum atomic E-state index is 0.676. The van der Waals surface area contributed by atoms with Gasteiger partial charge in [-0.15, -0.1) is 0 Å². The Bertz CT molecular complexity index is 629. The van der Waals surface area contributed by atoms with Crippen molar-refractivity contribution in [2.45, 2.75) is 6.92 Å². The number of nitrogens with one attached hydrogen (secondary N) is 1. The lowest BCUT2D eigenvalue weighted by Crippen LogP contribution is -1.82. The average Bonchev–Trinajstić information content (AvgIpc) is 3.03. The van der Waals surface area contributed by atoms with Gasteiger partial charge in [-0.25, -0.2) is 4.98 Å². The Morgan fingerprint density at radius 3 is 2.15 bits per heavy atom. The lowest BCUT2D eigenvalue weighted by molar-refractivity contribution is 0.112. The molecule has 1 heterocycles. The van der Waals surface area contributed by atoms with Gasteiger partial charge in [0.1, 0.15) is 12.1 Å². The van der Waals surface area contributed by atoms with Crippen LogP contribution in [0.1, 0.15) is 15.9 Å². The van der Waals surface area contributed by atoms with Crippen molar-refractivity contribution < 1.29 is 4.79 Å². The zero-order valence-corrected chi connectivity index (χ0v) is 11.3. The zero-order valence-electron chi connectivity index (χ0n) is 11.3. The van der Waals surface area contributed by atoms with Crippen molar-refractivity contribution >= 4 is 6.29 Å². The smallest absolute Gasteiger partial charge is 0.150 e. The third-order valence-electron chi connectivity index (χ3n) is 2.76. The van der Waals surface area contributed by atoms with Gasteiger partial charge in [0.2, 0.25) is 0 Å². The number of hydrogen-bond donors (Lipinski definition) is 1. The van der Waals surface area contributed by atoms with E-state index in [1.807, 2.05) is 30.3 Å². The van der Waals surface area contributed by atoms with E-state index in [1.54, 1.807) is 24.5 Å². The largest absolute Gasteiger partial charge is 0.345 e. The highest BCUT2D eigenvalue weighted by molar-refractivity contribution is 5.76. The summed E-state index contributed by atoms with van der Waals surface area (Å²) in [6.45, 7) is 2.08. The SMILES string of the molecule is Cc1ccccc1.O=Cc1ccc(-c2ncc[nH]2)cc1. The van der Waals surface area contributed by atoms with Crippen molar-refractivity contribution in [1.29, 1.82) is 0 Å². The van der Waals surface area contributed by atoms with Gasteiger partial charge in [-0.2, -0.15) is 0 Å². The molecule has 0 saturated carbocycles. The number of aromatic nitrogens is 2. The van der Waals surface area contributed by atoms with Crippen LogP contribution in [0.5, 0.6) is 0 Å². The molecule has 3 nitrogen and oxygen atoms in total. The number of carbonyl (C=O) groups is 1. The van der Waals surface area contributed by atoms with Gasteiger partial charge in [0, 0.05) is 23.5 Å². The Morgan fingerprint density at radius 1 is 1.00 bits per heavy atom. The van der Waals surface area contributed by atoms with E-state index in [9.17, 15) is 4.79 Å². The molecule has 0 amide bonds. The molecule has 0 unspecified atom stereocenters. The Hall–Kier alpha value is -2.68. The van der Waals surface area contributed by atoms with Crippen LogP contribution in [0.25, 0.3) is 11.4 Å². The van der Waals surface area contributed by atoms with Crippen LogP contribution >= 0.6 is 0 Å². The van der Waals surface area contributed by atoms with E-state index in [0.717, 1.165) is 17.7 Å². The Morgan fingerprint density at radius 2 is 1.70 bits per heavy atom. The number of nitrogens with zero attached hydrogens (tertiary/aromatic N) is 1. The van der Waals surface area contributed by atoms with Gasteiger partial charge in [-0.1, -0.05) is 60.2 Å². The highest BCUT2D eigenvalue weighted by Gasteiger charge is 1.98. The number of hydrogen-bond acceptors (Lipinski definition) is 2. The van der Waals surface area contributed by atoms with Gasteiger partial charge in [0.25, 0.3) is 0 Å². The topological polar surface area (TPSA) is 45.8 Å². The van der Waals surface area contributed by atoms with Crippen molar-refractivity contribution in [3.63, 3.8) is 0 Å². The summed E-state index contributed by atoms with van der Waals surface area (Å²) in [4.78, 5) is 17.5. The van der Waals surface area contributed by atoms with Gasteiger partial charge in [0.05, 0.1) is 0 Å². The number of rotatable bonds is 2. The third-order valence-corrected chi connectivity index (χ3v) is 2.76. The van der Waals surface area contributed by atoms with Gasteiger partial charge in [-0.05, 0) is 6.92 Å². The molecule has 0 saturated heterocycles. The van der Waals surface area contributed by atoms with E-state index >= 15 is 0 Å². The van der Waals surface area contributed by atoms with E-state index in [-0.39, 0.29) is 0 Å². The minimum Gasteiger partial charge on any atom is -0.345 e. The maximum atomic E-state index is 10.4. The summed E-state index contributed by atoms with van der Waals surface area (Å²) < 4.78 is 0. The van der Waals surface area contributed by atoms with E-state index in [0.29, 0.717) is 5.56 Å². The van der Waals surface area contributed by atoms with Crippen molar-refractivity contribution in [2.75, 3.05) is 0 Å². The van der Waals surface area contributed by atoms with Gasteiger partial charge < -0.3 is 4.98 Å². The molecule has 0 radical (unpaired) electrons. The molecule has 1 aromatic heterocycles. The van der Waals surface area contributed by atoms with Crippen LogP contribution in [0, 0.1) is 6.92 Å². The van der Waals surface area contributed by atoms with Crippen LogP contribution in [0.15, 0.2) is 67.0 Å². The molecule has 1 N–H and O–H groups in total. The van der Waals surface area contributed by atoms with Crippen LogP contribution in [0.4, 0.5) is 0 Å². The van der Waals surface area contributed by atoms with E-state index in [2.05, 4.69) is 29.0 Å². The standard InChI is InChI=1S/C10H8N2O.C7H8/c13-7-8-1-3-9(4-2-8)10-11-5-6-12-10;1-7-5-3-2-4-6-7/h1-7H,(H,11,12);2-6H,1H3. The highest BCUT2D eigenvalue weighted by atomic mass is 16.1. The quantitative estimate of drug-likeness (QED) is 0.714. The summed E-state index contributed by atoms with van der Waals surface area (Å²) in [5, 5.41) is 0. The molecule has 20 heavy (non-hydrogen) atoms. The van der Waals surface area contributed by atoms with Gasteiger partial charge >= 0.3 is 0 Å². The number of imidazole rings is 1. The third kappa shape index (κ3) is 3.92. The monoisotopic (exact) mass is 264 g/mol. The van der Waals surface area contributed by atoms with Crippen molar-refractivity contribution in [2.24, 2.45) is 0 Å². The first-order valence-electron chi connectivity index (χ1n) is 6.36. The normalized spacial score (nSPS) is 9.45. The van der Waals surface area contributed by atoms with E-state index in [1.165, 1.54) is 5.56 Å². The van der Waals surface area contributed by atoms with Crippen LogP contribution in [0.2, 0.25) is 0 Å². The Balaban J connectivity index is 0.000000178. The fourth-order valence-corrected chi connectivity index (χ4v) is 1.68. The van der Waals surface area contributed by atoms with Crippen molar-refractivity contribution in [3.8, 4) is 11.4 Å². The summed E-state index contributed by atoms with van der Waals surface area (Å²) in [6, 6.07) is 17.5. The lowest BCUT2D eigenvalue weighted by Gasteiger charge is -1.95. The number of benzene rings is 2. The maximum absolute atomic E-state index is 10.4. The molecule has 3 rings (SSSR count). The number of aryl methyl sites for hydroxylation is 1. The number of aromatic amines is 1. The molecule has 3 aromatic rings. The maximum Gasteiger partial charge on any atom is 0.150 e. The van der Waals surface area contributed by atoms with Gasteiger partial charge in [0.15, 0.2) is 0 Å². The lowest BCUT2D eigenvalue weighted by atomic mass is 10.1. The molecule has 0 spiro atoms. The molecule has 0 aliphatic carbocycles. The second-order valence-electron chi connectivity index (χ2n) is 4.33. The molecule has 0 aliphatic rings. The zero-order chi connectivity index (χ0) is 14.2. The molecule has 0 atom stereocenters. The minimum absolute atomic E-state index is 0.676. The summed E-state index contributed by atoms with van der Waals surface area (Å²) in [7, 11) is 0. The first kappa shape index (κ1) is 13.7. The number of H-pyrrole nitrogens is 1. The highest BCUT2D eigenvalue weighted by Crippen LogP contribution is 2.13. The molecule has 0 aliphatic heterocycles. The second-order valence-corrected chi connectivity index (χ2v) is 4.33. The average molecular weight is 264 g/mol.